The summed E-state index contributed by atoms with van der Waals surface area (Å²) in [6, 6.07) is 0. The second-order valence-electron chi connectivity index (χ2n) is 11.5. The molecule has 0 heterocycles. The summed E-state index contributed by atoms with van der Waals surface area (Å²) < 4.78 is 4.53. The molecule has 9 atom stereocenters. The molecule has 0 aliphatic carbocycles. The monoisotopic (exact) mass is 532 g/mol. The van der Waals surface area contributed by atoms with E-state index in [1.54, 1.807) is 30.4 Å². The summed E-state index contributed by atoms with van der Waals surface area (Å²) in [6.07, 6.45) is 19.7. The van der Waals surface area contributed by atoms with E-state index in [2.05, 4.69) is 52.0 Å². The van der Waals surface area contributed by atoms with E-state index in [0.717, 1.165) is 32.1 Å². The topological polar surface area (TPSA) is 87.0 Å². The maximum Gasteiger partial charge on any atom is 0.330 e. The first-order valence-corrected chi connectivity index (χ1v) is 14.3. The van der Waals surface area contributed by atoms with Gasteiger partial charge in [0.1, 0.15) is 0 Å². The molecule has 5 nitrogen and oxygen atoms in total. The quantitative estimate of drug-likeness (QED) is 0.0694. The van der Waals surface area contributed by atoms with E-state index in [4.69, 9.17) is 0 Å². The van der Waals surface area contributed by atoms with Crippen LogP contribution in [0, 0.1) is 35.5 Å². The lowest BCUT2D eigenvalue weighted by atomic mass is 9.85. The molecule has 0 aromatic heterocycles. The van der Waals surface area contributed by atoms with Crippen LogP contribution in [0.1, 0.15) is 80.1 Å². The van der Waals surface area contributed by atoms with E-state index >= 15 is 0 Å². The van der Waals surface area contributed by atoms with Gasteiger partial charge in [0, 0.05) is 18.4 Å². The number of allylic oxidation sites excluding steroid dienone is 6. The summed E-state index contributed by atoms with van der Waals surface area (Å²) in [4.78, 5) is 11.1. The number of rotatable bonds is 20. The molecule has 0 bridgehead atoms. The molecule has 6 unspecified atom stereocenters. The molecule has 0 rings (SSSR count). The molecule has 0 aromatic rings. The van der Waals surface area contributed by atoms with Crippen LogP contribution in [0.15, 0.2) is 61.3 Å². The van der Waals surface area contributed by atoms with Gasteiger partial charge in [-0.05, 0) is 61.7 Å². The van der Waals surface area contributed by atoms with E-state index in [1.807, 2.05) is 19.1 Å². The molecular formula is C33H56O5. The zero-order valence-electron chi connectivity index (χ0n) is 25.0. The zero-order chi connectivity index (χ0) is 29.1. The van der Waals surface area contributed by atoms with Crippen molar-refractivity contribution in [1.82, 2.24) is 0 Å². The summed E-state index contributed by atoms with van der Waals surface area (Å²) >= 11 is 0. The van der Waals surface area contributed by atoms with E-state index in [-0.39, 0.29) is 24.4 Å². The number of carbonyl (C=O) groups is 1. The number of esters is 1. The zero-order valence-corrected chi connectivity index (χ0v) is 25.0. The standard InChI is InChI=1S/C33H56O5/c1-9-10-13-24(2)22-29(7)31(35)19-17-26(4)21-27(5)20-25(3)16-18-30(34)23-32(36)28(6)14-11-12-15-33(37)38-8/h9-16,18,24-32,34-36H,1,17,19-23H2,2-8H3/b13-10-,14-11+,15-12-,18-16-/t24-,25?,26?,27+,28+,29?,30?,31?,32?/m0/s1. The van der Waals surface area contributed by atoms with Crippen molar-refractivity contribution in [3.05, 3.63) is 61.3 Å². The summed E-state index contributed by atoms with van der Waals surface area (Å²) in [5.74, 6) is 1.57. The highest BCUT2D eigenvalue weighted by Gasteiger charge is 2.19. The number of hydrogen-bond acceptors (Lipinski definition) is 5. The molecule has 5 heteroatoms. The Morgan fingerprint density at radius 2 is 1.39 bits per heavy atom. The van der Waals surface area contributed by atoms with Crippen molar-refractivity contribution in [2.24, 2.45) is 35.5 Å². The molecule has 0 aromatic carbocycles. The minimum atomic E-state index is -0.707. The fourth-order valence-electron chi connectivity index (χ4n) is 4.87. The van der Waals surface area contributed by atoms with E-state index in [9.17, 15) is 20.1 Å². The van der Waals surface area contributed by atoms with Gasteiger partial charge in [-0.3, -0.25) is 0 Å². The fraction of sp³-hybridized carbons (Fsp3) is 0.667. The van der Waals surface area contributed by atoms with Crippen LogP contribution in [0.25, 0.3) is 0 Å². The molecule has 0 spiro atoms. The van der Waals surface area contributed by atoms with Crippen LogP contribution in [-0.4, -0.2) is 46.7 Å². The third-order valence-electron chi connectivity index (χ3n) is 7.22. The third kappa shape index (κ3) is 18.3. The van der Waals surface area contributed by atoms with Crippen molar-refractivity contribution in [3.63, 3.8) is 0 Å². The number of ether oxygens (including phenoxy) is 1. The lowest BCUT2D eigenvalue weighted by molar-refractivity contribution is -0.134. The smallest absolute Gasteiger partial charge is 0.330 e. The summed E-state index contributed by atoms with van der Waals surface area (Å²) in [7, 11) is 1.32. The normalized spacial score (nSPS) is 19.8. The van der Waals surface area contributed by atoms with Crippen molar-refractivity contribution >= 4 is 5.97 Å². The summed E-state index contributed by atoms with van der Waals surface area (Å²) in [5.41, 5.74) is 0. The average molecular weight is 533 g/mol. The van der Waals surface area contributed by atoms with Gasteiger partial charge in [0.2, 0.25) is 0 Å². The van der Waals surface area contributed by atoms with Crippen LogP contribution in [0.2, 0.25) is 0 Å². The SMILES string of the molecule is C=C/C=C\[C@H](C)CC(C)C(O)CCC(C)C[C@H](C)CC(C)/C=C\C(O)CC(O)[C@H](C)/C=C/C=C\C(=O)OC. The highest BCUT2D eigenvalue weighted by molar-refractivity contribution is 5.82. The Morgan fingerprint density at radius 3 is 2.03 bits per heavy atom. The van der Waals surface area contributed by atoms with Gasteiger partial charge in [-0.1, -0.05) is 96.7 Å². The van der Waals surface area contributed by atoms with Crippen LogP contribution in [-0.2, 0) is 9.53 Å². The molecule has 0 aliphatic rings. The van der Waals surface area contributed by atoms with Gasteiger partial charge in [0.15, 0.2) is 0 Å². The second kappa shape index (κ2) is 20.9. The Morgan fingerprint density at radius 1 is 0.737 bits per heavy atom. The van der Waals surface area contributed by atoms with Crippen LogP contribution in [0.5, 0.6) is 0 Å². The molecule has 0 saturated carbocycles. The predicted molar refractivity (Wildman–Crippen MR) is 159 cm³/mol. The van der Waals surface area contributed by atoms with Gasteiger partial charge in [-0.2, -0.15) is 0 Å². The van der Waals surface area contributed by atoms with Crippen molar-refractivity contribution in [2.75, 3.05) is 7.11 Å². The number of hydrogen-bond donors (Lipinski definition) is 3. The first kappa shape index (κ1) is 36.0. The minimum Gasteiger partial charge on any atom is -0.466 e. The van der Waals surface area contributed by atoms with Crippen molar-refractivity contribution in [2.45, 2.75) is 98.4 Å². The van der Waals surface area contributed by atoms with Gasteiger partial charge in [-0.25, -0.2) is 4.79 Å². The Hall–Kier alpha value is -1.95. The van der Waals surface area contributed by atoms with Crippen LogP contribution >= 0.6 is 0 Å². The first-order valence-electron chi connectivity index (χ1n) is 14.3. The Balaban J connectivity index is 4.39. The van der Waals surface area contributed by atoms with Crippen LogP contribution in [0.3, 0.4) is 0 Å². The highest BCUT2D eigenvalue weighted by atomic mass is 16.5. The Labute approximate surface area is 233 Å². The number of methoxy groups -OCH3 is 1. The highest BCUT2D eigenvalue weighted by Crippen LogP contribution is 2.26. The number of aliphatic hydroxyl groups is 3. The summed E-state index contributed by atoms with van der Waals surface area (Å²) in [6.45, 7) is 16.6. The lowest BCUT2D eigenvalue weighted by Crippen LogP contribution is -2.22. The molecule has 0 saturated heterocycles. The molecule has 218 valence electrons. The molecule has 0 aliphatic heterocycles. The maximum atomic E-state index is 11.1. The Kier molecular flexibility index (Phi) is 19.9. The van der Waals surface area contributed by atoms with Crippen molar-refractivity contribution in [1.29, 1.82) is 0 Å². The molecule has 38 heavy (non-hydrogen) atoms. The third-order valence-corrected chi connectivity index (χ3v) is 7.22. The van der Waals surface area contributed by atoms with Crippen molar-refractivity contribution in [3.8, 4) is 0 Å². The molecule has 0 fully saturated rings. The molecule has 0 amide bonds. The van der Waals surface area contributed by atoms with Crippen molar-refractivity contribution < 1.29 is 24.9 Å². The first-order chi connectivity index (χ1) is 17.9. The van der Waals surface area contributed by atoms with E-state index < -0.39 is 18.2 Å². The van der Waals surface area contributed by atoms with Gasteiger partial charge in [0.05, 0.1) is 25.4 Å². The fourth-order valence-corrected chi connectivity index (χ4v) is 4.87. The number of aliphatic hydroxyl groups excluding tert-OH is 3. The average Bonchev–Trinajstić information content (AvgIpc) is 2.86. The largest absolute Gasteiger partial charge is 0.466 e. The van der Waals surface area contributed by atoms with Crippen LogP contribution in [0.4, 0.5) is 0 Å². The molecule has 3 N–H and O–H groups in total. The molecular weight excluding hydrogens is 476 g/mol. The van der Waals surface area contributed by atoms with Gasteiger partial charge in [0.25, 0.3) is 0 Å². The maximum absolute atomic E-state index is 11.1. The number of carbonyl (C=O) groups excluding carboxylic acids is 1. The van der Waals surface area contributed by atoms with Gasteiger partial charge < -0.3 is 20.1 Å². The Bertz CT molecular complexity index is 752. The lowest BCUT2D eigenvalue weighted by Gasteiger charge is -2.24. The summed E-state index contributed by atoms with van der Waals surface area (Å²) in [5, 5.41) is 31.3. The van der Waals surface area contributed by atoms with Gasteiger partial charge >= 0.3 is 5.97 Å². The van der Waals surface area contributed by atoms with Gasteiger partial charge in [-0.15, -0.1) is 0 Å². The van der Waals surface area contributed by atoms with Crippen LogP contribution < -0.4 is 0 Å². The van der Waals surface area contributed by atoms with E-state index in [1.165, 1.54) is 13.2 Å². The second-order valence-corrected chi connectivity index (χ2v) is 11.5. The molecule has 0 radical (unpaired) electrons. The van der Waals surface area contributed by atoms with E-state index in [0.29, 0.717) is 23.7 Å². The minimum absolute atomic E-state index is 0.154. The predicted octanol–water partition coefficient (Wildman–Crippen LogP) is 6.81.